The second-order valence-corrected chi connectivity index (χ2v) is 6.70. The lowest BCUT2D eigenvalue weighted by Gasteiger charge is -2.14. The minimum Gasteiger partial charge on any atom is -0.385 e. The number of nitro groups is 1. The van der Waals surface area contributed by atoms with Gasteiger partial charge in [-0.3, -0.25) is 19.5 Å². The first kappa shape index (κ1) is 18.0. The number of aromatic nitrogens is 2. The van der Waals surface area contributed by atoms with Gasteiger partial charge in [-0.25, -0.2) is 0 Å². The van der Waals surface area contributed by atoms with Crippen molar-refractivity contribution >= 4 is 34.9 Å². The van der Waals surface area contributed by atoms with Crippen LogP contribution in [0.2, 0.25) is 5.02 Å². The number of nitrogen functional groups attached to an aromatic ring is 1. The summed E-state index contributed by atoms with van der Waals surface area (Å²) >= 11 is 7.23. The lowest BCUT2D eigenvalue weighted by molar-refractivity contribution is -0.384. The first-order chi connectivity index (χ1) is 12.4. The fourth-order valence-electron chi connectivity index (χ4n) is 2.29. The normalized spacial score (nSPS) is 10.7. The number of non-ortho nitro benzene ring substituents is 1. The molecule has 0 unspecified atom stereocenters. The van der Waals surface area contributed by atoms with Crippen molar-refractivity contribution in [1.29, 1.82) is 0 Å². The summed E-state index contributed by atoms with van der Waals surface area (Å²) in [6.07, 6.45) is 0. The van der Waals surface area contributed by atoms with Gasteiger partial charge < -0.3 is 5.73 Å². The predicted octanol–water partition coefficient (Wildman–Crippen LogP) is 3.67. The Bertz CT molecular complexity index is 1000. The van der Waals surface area contributed by atoms with Crippen LogP contribution in [-0.2, 0) is 5.75 Å². The molecule has 3 aromatic rings. The number of halogens is 1. The smallest absolute Gasteiger partial charge is 0.275 e. The Labute approximate surface area is 157 Å². The third kappa shape index (κ3) is 4.04. The van der Waals surface area contributed by atoms with Gasteiger partial charge in [0, 0.05) is 34.7 Å². The number of thioether (sulfide) groups is 1. The fraction of sp³-hybridized carbons (Fsp3) is 0.0588. The van der Waals surface area contributed by atoms with E-state index in [-0.39, 0.29) is 11.5 Å². The molecule has 0 radical (unpaired) electrons. The van der Waals surface area contributed by atoms with Gasteiger partial charge in [-0.05, 0) is 29.8 Å². The Morgan fingerprint density at radius 1 is 1.15 bits per heavy atom. The van der Waals surface area contributed by atoms with Crippen molar-refractivity contribution in [1.82, 2.24) is 9.55 Å². The van der Waals surface area contributed by atoms with Crippen LogP contribution in [0.4, 0.5) is 11.5 Å². The van der Waals surface area contributed by atoms with Gasteiger partial charge in [0.15, 0.2) is 5.16 Å². The van der Waals surface area contributed by atoms with Gasteiger partial charge in [-0.1, -0.05) is 35.5 Å². The number of hydrogen-bond acceptors (Lipinski definition) is 6. The van der Waals surface area contributed by atoms with E-state index in [9.17, 15) is 14.9 Å². The highest BCUT2D eigenvalue weighted by Crippen LogP contribution is 2.26. The molecular formula is C17H13ClN4O3S. The number of nitro benzene ring substituents is 1. The summed E-state index contributed by atoms with van der Waals surface area (Å²) in [6.45, 7) is 0. The van der Waals surface area contributed by atoms with Crippen molar-refractivity contribution in [2.24, 2.45) is 0 Å². The van der Waals surface area contributed by atoms with Crippen LogP contribution in [0, 0.1) is 10.1 Å². The maximum atomic E-state index is 11.8. The summed E-state index contributed by atoms with van der Waals surface area (Å²) in [5.74, 6) is 0.736. The summed E-state index contributed by atoms with van der Waals surface area (Å²) < 4.78 is 1.66. The van der Waals surface area contributed by atoms with Gasteiger partial charge in [0.2, 0.25) is 0 Å². The van der Waals surface area contributed by atoms with Crippen LogP contribution in [0.1, 0.15) is 5.56 Å². The SMILES string of the molecule is Nc1cc(=O)nc(SCc2ccc([N+](=O)[O-])cc2)n1-c1ccc(Cl)cc1. The van der Waals surface area contributed by atoms with Gasteiger partial charge in [0.25, 0.3) is 11.2 Å². The van der Waals surface area contributed by atoms with E-state index in [1.807, 2.05) is 0 Å². The Hall–Kier alpha value is -2.84. The molecule has 132 valence electrons. The number of benzene rings is 2. The van der Waals surface area contributed by atoms with Crippen molar-refractivity contribution < 1.29 is 4.92 Å². The van der Waals surface area contributed by atoms with E-state index >= 15 is 0 Å². The molecule has 0 bridgehead atoms. The van der Waals surface area contributed by atoms with Crippen LogP contribution < -0.4 is 11.3 Å². The van der Waals surface area contributed by atoms with Crippen LogP contribution in [-0.4, -0.2) is 14.5 Å². The largest absolute Gasteiger partial charge is 0.385 e. The lowest BCUT2D eigenvalue weighted by atomic mass is 10.2. The molecule has 0 aliphatic carbocycles. The molecule has 7 nitrogen and oxygen atoms in total. The van der Waals surface area contributed by atoms with Gasteiger partial charge in [-0.15, -0.1) is 0 Å². The third-order valence-electron chi connectivity index (χ3n) is 3.53. The van der Waals surface area contributed by atoms with Gasteiger partial charge in [0.1, 0.15) is 5.82 Å². The minimum absolute atomic E-state index is 0.0268. The Balaban J connectivity index is 1.90. The second kappa shape index (κ2) is 7.59. The molecule has 0 spiro atoms. The summed E-state index contributed by atoms with van der Waals surface area (Å²) in [5.41, 5.74) is 7.20. The maximum Gasteiger partial charge on any atom is 0.275 e. The van der Waals surface area contributed by atoms with Gasteiger partial charge in [-0.2, -0.15) is 4.98 Å². The molecule has 9 heteroatoms. The van der Waals surface area contributed by atoms with Crippen molar-refractivity contribution in [2.75, 3.05) is 5.73 Å². The molecule has 1 aromatic heterocycles. The van der Waals surface area contributed by atoms with Crippen LogP contribution >= 0.6 is 23.4 Å². The molecule has 26 heavy (non-hydrogen) atoms. The number of anilines is 1. The summed E-state index contributed by atoms with van der Waals surface area (Å²) in [4.78, 5) is 26.1. The topological polar surface area (TPSA) is 104 Å². The molecule has 0 fully saturated rings. The van der Waals surface area contributed by atoms with E-state index in [4.69, 9.17) is 17.3 Å². The third-order valence-corrected chi connectivity index (χ3v) is 4.79. The van der Waals surface area contributed by atoms with Crippen LogP contribution in [0.15, 0.2) is 64.5 Å². The minimum atomic E-state index is -0.450. The van der Waals surface area contributed by atoms with E-state index in [0.717, 1.165) is 11.3 Å². The highest BCUT2D eigenvalue weighted by atomic mass is 35.5. The fourth-order valence-corrected chi connectivity index (χ4v) is 3.39. The summed E-state index contributed by atoms with van der Waals surface area (Å²) in [5, 5.41) is 11.7. The number of rotatable bonds is 5. The molecule has 0 aliphatic heterocycles. The van der Waals surface area contributed by atoms with E-state index in [1.165, 1.54) is 30.0 Å². The molecule has 1 heterocycles. The predicted molar refractivity (Wildman–Crippen MR) is 102 cm³/mol. The summed E-state index contributed by atoms with van der Waals surface area (Å²) in [7, 11) is 0. The zero-order valence-electron chi connectivity index (χ0n) is 13.3. The standard InChI is InChI=1S/C17H13ClN4O3S/c18-12-3-7-13(8-4-12)21-15(19)9-16(23)20-17(21)26-10-11-1-5-14(6-2-11)22(24)25/h1-9H,10,19H2. The molecule has 0 saturated heterocycles. The second-order valence-electron chi connectivity index (χ2n) is 5.33. The Morgan fingerprint density at radius 2 is 1.81 bits per heavy atom. The van der Waals surface area contributed by atoms with Crippen LogP contribution in [0.25, 0.3) is 5.69 Å². The highest BCUT2D eigenvalue weighted by Gasteiger charge is 2.11. The van der Waals surface area contributed by atoms with E-state index in [2.05, 4.69) is 4.98 Å². The van der Waals surface area contributed by atoms with E-state index < -0.39 is 10.5 Å². The molecule has 0 atom stereocenters. The van der Waals surface area contributed by atoms with Crippen molar-refractivity contribution in [2.45, 2.75) is 10.9 Å². The van der Waals surface area contributed by atoms with Crippen LogP contribution in [0.5, 0.6) is 0 Å². The van der Waals surface area contributed by atoms with Crippen molar-refractivity contribution in [3.8, 4) is 5.69 Å². The van der Waals surface area contributed by atoms with E-state index in [1.54, 1.807) is 41.0 Å². The Morgan fingerprint density at radius 3 is 2.42 bits per heavy atom. The molecular weight excluding hydrogens is 376 g/mol. The molecule has 0 aliphatic rings. The average molecular weight is 389 g/mol. The van der Waals surface area contributed by atoms with Crippen molar-refractivity contribution in [3.63, 3.8) is 0 Å². The highest BCUT2D eigenvalue weighted by molar-refractivity contribution is 7.98. The molecule has 2 aromatic carbocycles. The van der Waals surface area contributed by atoms with E-state index in [0.29, 0.717) is 15.9 Å². The van der Waals surface area contributed by atoms with Gasteiger partial charge >= 0.3 is 0 Å². The maximum absolute atomic E-state index is 11.8. The number of hydrogen-bond donors (Lipinski definition) is 1. The quantitative estimate of drug-likeness (QED) is 0.309. The average Bonchev–Trinajstić information content (AvgIpc) is 2.61. The Kier molecular flexibility index (Phi) is 5.24. The summed E-state index contributed by atoms with van der Waals surface area (Å²) in [6, 6.07) is 14.5. The van der Waals surface area contributed by atoms with Crippen LogP contribution in [0.3, 0.4) is 0 Å². The first-order valence-electron chi connectivity index (χ1n) is 7.46. The zero-order chi connectivity index (χ0) is 18.7. The molecule has 0 amide bonds. The van der Waals surface area contributed by atoms with Crippen molar-refractivity contribution in [3.05, 3.63) is 85.7 Å². The van der Waals surface area contributed by atoms with Gasteiger partial charge in [0.05, 0.1) is 4.92 Å². The number of nitrogens with two attached hydrogens (primary N) is 1. The molecule has 3 rings (SSSR count). The molecule has 0 saturated carbocycles. The monoisotopic (exact) mass is 388 g/mol. The zero-order valence-corrected chi connectivity index (χ0v) is 14.9. The number of nitrogens with zero attached hydrogens (tertiary/aromatic N) is 3. The molecule has 2 N–H and O–H groups in total. The first-order valence-corrected chi connectivity index (χ1v) is 8.82. The lowest BCUT2D eigenvalue weighted by Crippen LogP contribution is -2.16.